The Hall–Kier alpha value is -1.25. The average Bonchev–Trinajstić information content (AvgIpc) is 2.54. The van der Waals surface area contributed by atoms with Gasteiger partial charge in [-0.05, 0) is 48.3 Å². The van der Waals surface area contributed by atoms with E-state index < -0.39 is 7.22 Å². The second-order valence-corrected chi connectivity index (χ2v) is 16.1. The molecule has 0 saturated heterocycles. The topological polar surface area (TPSA) is 21.6 Å². The van der Waals surface area contributed by atoms with Crippen LogP contribution < -0.4 is 0 Å². The van der Waals surface area contributed by atoms with Crippen LogP contribution in [-0.2, 0) is 4.74 Å². The van der Waals surface area contributed by atoms with Crippen LogP contribution in [0, 0.1) is 22.9 Å². The Morgan fingerprint density at radius 1 is 1.21 bits per heavy atom. The van der Waals surface area contributed by atoms with E-state index in [1.807, 2.05) is 0 Å². The lowest BCUT2D eigenvalue weighted by Gasteiger charge is -2.21. The number of nitrogens with zero attached hydrogens (tertiary/aromatic N) is 1. The Bertz CT molecular complexity index is 607. The lowest BCUT2D eigenvalue weighted by atomic mass is 9.90. The van der Waals surface area contributed by atoms with Gasteiger partial charge >= 0.3 is 0 Å². The zero-order chi connectivity index (χ0) is 17.4. The Labute approximate surface area is 149 Å². The predicted octanol–water partition coefficient (Wildman–Crippen LogP) is 5.98. The Balaban J connectivity index is 2.06. The van der Waals surface area contributed by atoms with Gasteiger partial charge in [0.1, 0.15) is 13.0 Å². The summed E-state index contributed by atoms with van der Waals surface area (Å²) in [4.78, 5) is 4.46. The molecule has 1 fully saturated rings. The maximum Gasteiger partial charge on any atom is 0.269 e. The van der Waals surface area contributed by atoms with E-state index in [2.05, 4.69) is 35.8 Å². The van der Waals surface area contributed by atoms with Gasteiger partial charge in [0, 0.05) is 5.92 Å². The fraction of sp³-hybridized carbons (Fsp3) is 0.526. The van der Waals surface area contributed by atoms with Crippen LogP contribution in [0.3, 0.4) is 0 Å². The molecule has 24 heavy (non-hydrogen) atoms. The Morgan fingerprint density at radius 2 is 1.88 bits per heavy atom. The monoisotopic (exact) mass is 363 g/mol. The largest absolute Gasteiger partial charge is 0.471 e. The van der Waals surface area contributed by atoms with Crippen molar-refractivity contribution in [2.75, 3.05) is 6.61 Å². The molecule has 1 aromatic rings. The van der Waals surface area contributed by atoms with Crippen molar-refractivity contribution in [3.63, 3.8) is 0 Å². The Morgan fingerprint density at radius 3 is 2.50 bits per heavy atom. The summed E-state index contributed by atoms with van der Waals surface area (Å²) in [5.74, 6) is 3.84. The van der Waals surface area contributed by atoms with Crippen molar-refractivity contribution in [1.82, 2.24) is 0 Å². The van der Waals surface area contributed by atoms with Crippen molar-refractivity contribution in [3.8, 4) is 11.2 Å². The predicted molar refractivity (Wildman–Crippen MR) is 105 cm³/mol. The maximum absolute atomic E-state index is 13.0. The summed E-state index contributed by atoms with van der Waals surface area (Å²) in [5, 5.41) is 3.14. The molecule has 0 amide bonds. The van der Waals surface area contributed by atoms with E-state index in [-0.39, 0.29) is 5.82 Å². The summed E-state index contributed by atoms with van der Waals surface area (Å²) in [6.07, 6.45) is 6.35. The molecule has 5 heteroatoms. The van der Waals surface area contributed by atoms with Crippen LogP contribution in [0.1, 0.15) is 32.1 Å². The molecule has 0 atom stereocenters. The van der Waals surface area contributed by atoms with Crippen LogP contribution in [0.5, 0.6) is 0 Å². The van der Waals surface area contributed by atoms with E-state index in [4.69, 9.17) is 4.74 Å². The average molecular weight is 364 g/mol. The smallest absolute Gasteiger partial charge is 0.269 e. The van der Waals surface area contributed by atoms with Gasteiger partial charge < -0.3 is 4.74 Å². The third-order valence-corrected chi connectivity index (χ3v) is 6.71. The summed E-state index contributed by atoms with van der Waals surface area (Å²) in [5.41, 5.74) is 0.669. The zero-order valence-electron chi connectivity index (χ0n) is 14.8. The number of aliphatic imine (C=N–C) groups is 1. The van der Waals surface area contributed by atoms with Gasteiger partial charge in [0.25, 0.3) is 5.90 Å². The molecule has 0 bridgehead atoms. The van der Waals surface area contributed by atoms with Crippen LogP contribution >= 0.6 is 11.2 Å². The highest BCUT2D eigenvalue weighted by atomic mass is 32.4. The van der Waals surface area contributed by atoms with E-state index in [1.54, 1.807) is 23.3 Å². The van der Waals surface area contributed by atoms with Gasteiger partial charge in [-0.2, -0.15) is 0 Å². The first-order chi connectivity index (χ1) is 11.4. The second-order valence-electron chi connectivity index (χ2n) is 7.15. The van der Waals surface area contributed by atoms with Crippen LogP contribution in [-0.4, -0.2) is 19.7 Å². The lowest BCUT2D eigenvalue weighted by molar-refractivity contribution is 0.202. The van der Waals surface area contributed by atoms with Crippen molar-refractivity contribution >= 4 is 30.0 Å². The van der Waals surface area contributed by atoms with Gasteiger partial charge in [0.2, 0.25) is 0 Å². The molecule has 2 rings (SSSR count). The van der Waals surface area contributed by atoms with Crippen molar-refractivity contribution in [2.45, 2.75) is 51.7 Å². The minimum Gasteiger partial charge on any atom is -0.471 e. The third-order valence-electron chi connectivity index (χ3n) is 3.75. The number of halogens is 1. The number of hydrogen-bond donors (Lipinski definition) is 0. The molecule has 1 aliphatic carbocycles. The highest BCUT2D eigenvalue weighted by Gasteiger charge is 2.15. The second kappa shape index (κ2) is 9.29. The van der Waals surface area contributed by atoms with Crippen molar-refractivity contribution in [1.29, 1.82) is 0 Å². The SMILES string of the molecule is C[Si](C)(C)SC#CC(=Nc1ccc(F)cc1)OCC1CCCCC1. The van der Waals surface area contributed by atoms with Crippen LogP contribution in [0.2, 0.25) is 19.6 Å². The van der Waals surface area contributed by atoms with Crippen molar-refractivity contribution in [2.24, 2.45) is 10.9 Å². The molecule has 2 nitrogen and oxygen atoms in total. The first-order valence-corrected chi connectivity index (χ1v) is 13.6. The normalized spacial score (nSPS) is 16.4. The summed E-state index contributed by atoms with van der Waals surface area (Å²) in [6, 6.07) is 6.10. The molecule has 0 aromatic heterocycles. The summed E-state index contributed by atoms with van der Waals surface area (Å²) < 4.78 is 19.0. The molecule has 0 radical (unpaired) electrons. The Kier molecular flexibility index (Phi) is 7.38. The number of ether oxygens (including phenoxy) is 1. The molecular weight excluding hydrogens is 337 g/mol. The van der Waals surface area contributed by atoms with E-state index in [0.29, 0.717) is 24.1 Å². The zero-order valence-corrected chi connectivity index (χ0v) is 16.6. The summed E-state index contributed by atoms with van der Waals surface area (Å²) >= 11 is 1.69. The number of benzene rings is 1. The van der Waals surface area contributed by atoms with Crippen LogP contribution in [0.15, 0.2) is 29.3 Å². The third kappa shape index (κ3) is 7.54. The number of rotatable bonds is 4. The molecular formula is C19H26FNOSSi. The molecule has 0 spiro atoms. The van der Waals surface area contributed by atoms with Gasteiger partial charge in [-0.1, -0.05) is 38.9 Å². The highest BCUT2D eigenvalue weighted by molar-refractivity contribution is 8.32. The molecule has 0 heterocycles. The molecule has 130 valence electrons. The van der Waals surface area contributed by atoms with Crippen LogP contribution in [0.25, 0.3) is 0 Å². The summed E-state index contributed by atoms with van der Waals surface area (Å²) in [7, 11) is -1.30. The summed E-state index contributed by atoms with van der Waals surface area (Å²) in [6.45, 7) is 7.44. The van der Waals surface area contributed by atoms with Crippen molar-refractivity contribution in [3.05, 3.63) is 30.1 Å². The molecule has 0 aliphatic heterocycles. The highest BCUT2D eigenvalue weighted by Crippen LogP contribution is 2.24. The fourth-order valence-electron chi connectivity index (χ4n) is 2.50. The molecule has 1 aromatic carbocycles. The van der Waals surface area contributed by atoms with Gasteiger partial charge in [-0.25, -0.2) is 9.38 Å². The van der Waals surface area contributed by atoms with E-state index in [9.17, 15) is 4.39 Å². The molecule has 0 unspecified atom stereocenters. The molecule has 1 saturated carbocycles. The van der Waals surface area contributed by atoms with Crippen LogP contribution in [0.4, 0.5) is 10.1 Å². The first kappa shape index (κ1) is 19.1. The standard InChI is InChI=1S/C19H26FNOSSi/c1-24(2,3)23-14-13-19(21-18-11-9-17(20)10-12-18)22-15-16-7-5-4-6-8-16/h9-12,16H,4-8,15H2,1-3H3. The van der Waals surface area contributed by atoms with Crippen molar-refractivity contribution < 1.29 is 9.13 Å². The van der Waals surface area contributed by atoms with Gasteiger partial charge in [-0.3, -0.25) is 0 Å². The lowest BCUT2D eigenvalue weighted by Crippen LogP contribution is -2.16. The number of hydrogen-bond acceptors (Lipinski definition) is 3. The fourth-order valence-corrected chi connectivity index (χ4v) is 4.02. The van der Waals surface area contributed by atoms with Gasteiger partial charge in [0.15, 0.2) is 0 Å². The quantitative estimate of drug-likeness (QED) is 0.284. The first-order valence-electron chi connectivity index (χ1n) is 8.58. The van der Waals surface area contributed by atoms with Gasteiger partial charge in [-0.15, -0.1) is 11.2 Å². The van der Waals surface area contributed by atoms with Gasteiger partial charge in [0.05, 0.1) is 12.3 Å². The van der Waals surface area contributed by atoms with E-state index in [0.717, 1.165) is 0 Å². The molecule has 1 aliphatic rings. The molecule has 0 N–H and O–H groups in total. The van der Waals surface area contributed by atoms with E-state index >= 15 is 0 Å². The minimum atomic E-state index is -1.30. The minimum absolute atomic E-state index is 0.265. The van der Waals surface area contributed by atoms with E-state index in [1.165, 1.54) is 44.2 Å². The maximum atomic E-state index is 13.0.